The second-order valence-corrected chi connectivity index (χ2v) is 4.49. The minimum atomic E-state index is -0.741. The molecule has 0 spiro atoms. The van der Waals surface area contributed by atoms with Crippen molar-refractivity contribution in [2.24, 2.45) is 11.7 Å². The Bertz CT molecular complexity index is 555. The number of rotatable bonds is 5. The van der Waals surface area contributed by atoms with Gasteiger partial charge in [0.25, 0.3) is 11.4 Å². The Balaban J connectivity index is 2.11. The summed E-state index contributed by atoms with van der Waals surface area (Å²) >= 11 is 0. The summed E-state index contributed by atoms with van der Waals surface area (Å²) < 4.78 is 4.93. The van der Waals surface area contributed by atoms with Crippen molar-refractivity contribution in [2.45, 2.75) is 19.1 Å². The van der Waals surface area contributed by atoms with Crippen LogP contribution in [0, 0.1) is 26.1 Å². The Morgan fingerprint density at radius 3 is 2.15 bits per heavy atom. The fourth-order valence-electron chi connectivity index (χ4n) is 1.70. The van der Waals surface area contributed by atoms with E-state index in [4.69, 9.17) is 10.5 Å². The van der Waals surface area contributed by atoms with Crippen molar-refractivity contribution in [3.8, 4) is 0 Å². The zero-order valence-corrected chi connectivity index (χ0v) is 10.2. The molecule has 1 fully saturated rings. The van der Waals surface area contributed by atoms with Crippen molar-refractivity contribution < 1.29 is 19.4 Å². The molecule has 2 atom stereocenters. The topological polar surface area (TPSA) is 139 Å². The molecule has 0 radical (unpaired) electrons. The van der Waals surface area contributed by atoms with Crippen molar-refractivity contribution in [1.29, 1.82) is 0 Å². The number of nitro benzene ring substituents is 2. The van der Waals surface area contributed by atoms with Gasteiger partial charge in [-0.15, -0.1) is 0 Å². The van der Waals surface area contributed by atoms with Crippen LogP contribution in [0.25, 0.3) is 0 Å². The third-order valence-corrected chi connectivity index (χ3v) is 2.91. The minimum Gasteiger partial charge on any atom is -0.461 e. The summed E-state index contributed by atoms with van der Waals surface area (Å²) in [6.45, 7) is -0.259. The van der Waals surface area contributed by atoms with E-state index in [1.165, 1.54) is 0 Å². The molecule has 106 valence electrons. The van der Waals surface area contributed by atoms with Crippen molar-refractivity contribution in [3.05, 3.63) is 44.0 Å². The number of benzene rings is 1. The van der Waals surface area contributed by atoms with Gasteiger partial charge < -0.3 is 10.5 Å². The van der Waals surface area contributed by atoms with Crippen LogP contribution in [0.1, 0.15) is 12.0 Å². The summed E-state index contributed by atoms with van der Waals surface area (Å²) in [5.74, 6) is -0.838. The van der Waals surface area contributed by atoms with Gasteiger partial charge in [0.2, 0.25) is 0 Å². The third-order valence-electron chi connectivity index (χ3n) is 2.91. The molecule has 1 aliphatic rings. The second kappa shape index (κ2) is 5.21. The Labute approximate surface area is 112 Å². The van der Waals surface area contributed by atoms with Gasteiger partial charge in [-0.3, -0.25) is 25.0 Å². The van der Waals surface area contributed by atoms with Gasteiger partial charge >= 0.3 is 5.97 Å². The fourth-order valence-corrected chi connectivity index (χ4v) is 1.70. The van der Waals surface area contributed by atoms with Gasteiger partial charge in [-0.2, -0.15) is 0 Å². The maximum atomic E-state index is 11.5. The number of esters is 1. The number of carbonyl (C=O) groups excluding carboxylic acids is 1. The summed E-state index contributed by atoms with van der Waals surface area (Å²) in [5.41, 5.74) is 4.83. The highest BCUT2D eigenvalue weighted by atomic mass is 16.6. The molecule has 0 aliphatic heterocycles. The lowest BCUT2D eigenvalue weighted by Crippen LogP contribution is -2.13. The van der Waals surface area contributed by atoms with Crippen molar-refractivity contribution in [3.63, 3.8) is 0 Å². The van der Waals surface area contributed by atoms with Gasteiger partial charge in [0.15, 0.2) is 0 Å². The molecule has 0 bridgehead atoms. The maximum absolute atomic E-state index is 11.5. The lowest BCUT2D eigenvalue weighted by molar-refractivity contribution is -0.394. The van der Waals surface area contributed by atoms with Crippen molar-refractivity contribution >= 4 is 17.3 Å². The van der Waals surface area contributed by atoms with Gasteiger partial charge in [-0.05, 0) is 6.42 Å². The quantitative estimate of drug-likeness (QED) is 0.480. The molecular formula is C11H11N3O6. The van der Waals surface area contributed by atoms with E-state index in [0.29, 0.717) is 6.42 Å². The minimum absolute atomic E-state index is 0.188. The number of carbonyl (C=O) groups is 1. The first-order valence-electron chi connectivity index (χ1n) is 5.73. The highest BCUT2D eigenvalue weighted by Gasteiger charge is 2.41. The average molecular weight is 281 g/mol. The number of nitrogens with two attached hydrogens (primary N) is 1. The number of nitro groups is 2. The van der Waals surface area contributed by atoms with Crippen LogP contribution in [-0.4, -0.2) is 21.9 Å². The monoisotopic (exact) mass is 281 g/mol. The lowest BCUT2D eigenvalue weighted by atomic mass is 10.2. The number of hydrogen-bond acceptors (Lipinski definition) is 7. The van der Waals surface area contributed by atoms with E-state index < -0.39 is 27.2 Å². The van der Waals surface area contributed by atoms with Gasteiger partial charge in [0.1, 0.15) is 6.61 Å². The molecule has 9 nitrogen and oxygen atoms in total. The maximum Gasteiger partial charge on any atom is 0.310 e. The highest BCUT2D eigenvalue weighted by Crippen LogP contribution is 2.30. The third kappa shape index (κ3) is 3.06. The number of nitrogens with zero attached hydrogens (tertiary/aromatic N) is 2. The normalized spacial score (nSPS) is 20.2. The van der Waals surface area contributed by atoms with Crippen LogP contribution in [0.2, 0.25) is 0 Å². The summed E-state index contributed by atoms with van der Waals surface area (Å²) in [4.78, 5) is 31.3. The van der Waals surface area contributed by atoms with Crippen LogP contribution >= 0.6 is 0 Å². The van der Waals surface area contributed by atoms with E-state index >= 15 is 0 Å². The number of ether oxygens (including phenoxy) is 1. The number of non-ortho nitro benzene ring substituents is 2. The molecule has 20 heavy (non-hydrogen) atoms. The molecule has 0 heterocycles. The summed E-state index contributed by atoms with van der Waals surface area (Å²) in [7, 11) is 0. The van der Waals surface area contributed by atoms with E-state index in [1.807, 2.05) is 0 Å². The Morgan fingerprint density at radius 1 is 1.25 bits per heavy atom. The van der Waals surface area contributed by atoms with E-state index in [-0.39, 0.29) is 24.1 Å². The number of hydrogen-bond donors (Lipinski definition) is 1. The van der Waals surface area contributed by atoms with E-state index in [9.17, 15) is 25.0 Å². The summed E-state index contributed by atoms with van der Waals surface area (Å²) in [5, 5.41) is 21.4. The average Bonchev–Trinajstić information content (AvgIpc) is 3.12. The fraction of sp³-hybridized carbons (Fsp3) is 0.364. The Hall–Kier alpha value is -2.55. The van der Waals surface area contributed by atoms with E-state index in [2.05, 4.69) is 0 Å². The summed E-state index contributed by atoms with van der Waals surface area (Å²) in [6.07, 6.45) is 0.550. The lowest BCUT2D eigenvalue weighted by Gasteiger charge is -2.04. The first-order chi connectivity index (χ1) is 9.38. The molecule has 1 aromatic carbocycles. The van der Waals surface area contributed by atoms with Crippen molar-refractivity contribution in [1.82, 2.24) is 0 Å². The van der Waals surface area contributed by atoms with Crippen LogP contribution in [0.3, 0.4) is 0 Å². The van der Waals surface area contributed by atoms with Crippen LogP contribution in [0.5, 0.6) is 0 Å². The first-order valence-corrected chi connectivity index (χ1v) is 5.73. The standard InChI is InChI=1S/C11H11N3O6/c12-10-4-9(10)11(15)20-5-6-1-7(13(16)17)3-8(2-6)14(18)19/h1-3,9-10H,4-5,12H2/t9-,10+/m1/s1. The van der Waals surface area contributed by atoms with Crippen LogP contribution < -0.4 is 5.73 Å². The van der Waals surface area contributed by atoms with Gasteiger partial charge in [0.05, 0.1) is 21.8 Å². The molecule has 2 rings (SSSR count). The molecular weight excluding hydrogens is 270 g/mol. The molecule has 1 aliphatic carbocycles. The zero-order valence-electron chi connectivity index (χ0n) is 10.2. The van der Waals surface area contributed by atoms with Gasteiger partial charge in [-0.1, -0.05) is 0 Å². The summed E-state index contributed by atoms with van der Waals surface area (Å²) in [6, 6.07) is 2.91. The van der Waals surface area contributed by atoms with E-state index in [0.717, 1.165) is 18.2 Å². The molecule has 9 heteroatoms. The molecule has 1 aromatic rings. The van der Waals surface area contributed by atoms with Crippen molar-refractivity contribution in [2.75, 3.05) is 0 Å². The van der Waals surface area contributed by atoms with E-state index in [1.54, 1.807) is 0 Å². The molecule has 0 aromatic heterocycles. The predicted octanol–water partition coefficient (Wildman–Crippen LogP) is 0.893. The molecule has 0 amide bonds. The first kappa shape index (κ1) is 13.9. The highest BCUT2D eigenvalue weighted by molar-refractivity contribution is 5.76. The largest absolute Gasteiger partial charge is 0.461 e. The van der Waals surface area contributed by atoms with Gasteiger partial charge in [-0.25, -0.2) is 0 Å². The Kier molecular flexibility index (Phi) is 3.61. The second-order valence-electron chi connectivity index (χ2n) is 4.49. The molecule has 2 N–H and O–H groups in total. The predicted molar refractivity (Wildman–Crippen MR) is 65.6 cm³/mol. The Morgan fingerprint density at radius 2 is 1.75 bits per heavy atom. The SMILES string of the molecule is N[C@H]1C[C@H]1C(=O)OCc1cc([N+](=O)[O-])cc([N+](=O)[O-])c1. The zero-order chi connectivity index (χ0) is 14.9. The van der Waals surface area contributed by atoms with Crippen LogP contribution in [0.4, 0.5) is 11.4 Å². The molecule has 0 saturated heterocycles. The van der Waals surface area contributed by atoms with Crippen LogP contribution in [0.15, 0.2) is 18.2 Å². The smallest absolute Gasteiger partial charge is 0.310 e. The molecule has 1 saturated carbocycles. The van der Waals surface area contributed by atoms with Gasteiger partial charge in [0, 0.05) is 23.7 Å². The van der Waals surface area contributed by atoms with Crippen LogP contribution in [-0.2, 0) is 16.1 Å². The molecule has 0 unspecified atom stereocenters.